The van der Waals surface area contributed by atoms with Gasteiger partial charge in [0.15, 0.2) is 11.5 Å². The molecule has 0 saturated carbocycles. The van der Waals surface area contributed by atoms with Gasteiger partial charge in [-0.3, -0.25) is 0 Å². The lowest BCUT2D eigenvalue weighted by molar-refractivity contribution is 0.288. The Balaban J connectivity index is 1.84. The molecule has 1 aromatic carbocycles. The molecule has 3 aromatic rings. The van der Waals surface area contributed by atoms with E-state index in [4.69, 9.17) is 9.47 Å². The number of methoxy groups -OCH3 is 1. The van der Waals surface area contributed by atoms with Crippen LogP contribution in [0.2, 0.25) is 0 Å². The largest absolute Gasteiger partial charge is 0.493 e. The van der Waals surface area contributed by atoms with Crippen molar-refractivity contribution in [2.75, 3.05) is 13.7 Å². The number of rotatable bonds is 8. The van der Waals surface area contributed by atoms with Crippen molar-refractivity contribution in [1.29, 1.82) is 5.26 Å². The summed E-state index contributed by atoms with van der Waals surface area (Å²) in [5, 5.41) is 14.3. The van der Waals surface area contributed by atoms with E-state index < -0.39 is 0 Å². The molecule has 2 heterocycles. The predicted molar refractivity (Wildman–Crippen MR) is 112 cm³/mol. The molecule has 3 rings (SSSR count). The summed E-state index contributed by atoms with van der Waals surface area (Å²) in [5.41, 5.74) is 2.31. The van der Waals surface area contributed by atoms with E-state index in [0.717, 1.165) is 34.7 Å². The van der Waals surface area contributed by atoms with Crippen molar-refractivity contribution < 1.29 is 9.47 Å². The van der Waals surface area contributed by atoms with E-state index in [0.29, 0.717) is 22.9 Å². The van der Waals surface area contributed by atoms with Crippen LogP contribution in [0.3, 0.4) is 0 Å². The van der Waals surface area contributed by atoms with E-state index in [1.165, 1.54) is 11.3 Å². The normalized spacial score (nSPS) is 11.2. The van der Waals surface area contributed by atoms with Crippen molar-refractivity contribution in [3.8, 4) is 28.1 Å². The van der Waals surface area contributed by atoms with Crippen LogP contribution in [0.1, 0.15) is 30.3 Å². The smallest absolute Gasteiger partial charge is 0.161 e. The Bertz CT molecular complexity index is 953. The lowest BCUT2D eigenvalue weighted by Gasteiger charge is -2.11. The van der Waals surface area contributed by atoms with E-state index in [9.17, 15) is 5.26 Å². The molecule has 0 aliphatic rings. The first-order valence-corrected chi connectivity index (χ1v) is 10.4. The number of allylic oxidation sites excluding steroid dienone is 1. The molecule has 0 spiro atoms. The van der Waals surface area contributed by atoms with E-state index >= 15 is 0 Å². The number of thiazole rings is 1. The molecule has 0 bridgehead atoms. The summed E-state index contributed by atoms with van der Waals surface area (Å²) in [6.07, 6.45) is 3.91. The van der Waals surface area contributed by atoms with Gasteiger partial charge in [-0.2, -0.15) is 5.26 Å². The highest BCUT2D eigenvalue weighted by atomic mass is 32.1. The molecule has 0 fully saturated rings. The molecule has 0 aliphatic heterocycles. The van der Waals surface area contributed by atoms with Crippen molar-refractivity contribution in [2.45, 2.75) is 19.8 Å². The predicted octanol–water partition coefficient (Wildman–Crippen LogP) is 6.12. The van der Waals surface area contributed by atoms with Gasteiger partial charge in [-0.05, 0) is 41.6 Å². The Morgan fingerprint density at radius 3 is 2.85 bits per heavy atom. The minimum Gasteiger partial charge on any atom is -0.493 e. The first-order valence-electron chi connectivity index (χ1n) is 8.67. The highest BCUT2D eigenvalue weighted by Gasteiger charge is 2.11. The van der Waals surface area contributed by atoms with Gasteiger partial charge in [0.25, 0.3) is 0 Å². The monoisotopic (exact) mass is 396 g/mol. The highest BCUT2D eigenvalue weighted by Crippen LogP contribution is 2.32. The second-order valence-electron chi connectivity index (χ2n) is 5.80. The Morgan fingerprint density at radius 2 is 2.15 bits per heavy atom. The van der Waals surface area contributed by atoms with Crippen LogP contribution in [-0.4, -0.2) is 18.7 Å². The quantitative estimate of drug-likeness (QED) is 0.340. The molecule has 4 nitrogen and oxygen atoms in total. The molecule has 0 unspecified atom stereocenters. The number of nitrogens with zero attached hydrogens (tertiary/aromatic N) is 2. The number of hydrogen-bond donors (Lipinski definition) is 0. The Labute approximate surface area is 167 Å². The molecule has 138 valence electrons. The molecule has 27 heavy (non-hydrogen) atoms. The summed E-state index contributed by atoms with van der Waals surface area (Å²) >= 11 is 3.11. The van der Waals surface area contributed by atoms with Gasteiger partial charge in [0.2, 0.25) is 0 Å². The van der Waals surface area contributed by atoms with Gasteiger partial charge in [-0.1, -0.05) is 25.5 Å². The molecule has 0 atom stereocenters. The first kappa shape index (κ1) is 19.2. The fraction of sp³-hybridized carbons (Fsp3) is 0.238. The number of benzene rings is 1. The van der Waals surface area contributed by atoms with Gasteiger partial charge < -0.3 is 9.47 Å². The van der Waals surface area contributed by atoms with Crippen molar-refractivity contribution in [1.82, 2.24) is 4.98 Å². The maximum absolute atomic E-state index is 9.60. The maximum Gasteiger partial charge on any atom is 0.161 e. The lowest BCUT2D eigenvalue weighted by Crippen LogP contribution is -1.99. The third-order valence-electron chi connectivity index (χ3n) is 3.88. The number of hydrogen-bond acceptors (Lipinski definition) is 6. The van der Waals surface area contributed by atoms with Crippen LogP contribution >= 0.6 is 22.7 Å². The number of unbranched alkanes of at least 4 members (excludes halogenated alkanes) is 1. The standard InChI is InChI=1S/C21H20N2O2S2/c1-3-4-9-25-18-8-7-15(12-19(18)24-2)11-16(13-22)21-23-17(14-27-21)20-6-5-10-26-20/h5-8,10-12,14H,3-4,9H2,1-2H3/b16-11+. The SMILES string of the molecule is CCCCOc1ccc(/C=C(\C#N)c2nc(-c3cccs3)cs2)cc1OC. The van der Waals surface area contributed by atoms with E-state index in [2.05, 4.69) is 18.0 Å². The highest BCUT2D eigenvalue weighted by molar-refractivity contribution is 7.14. The zero-order valence-electron chi connectivity index (χ0n) is 15.3. The van der Waals surface area contributed by atoms with Gasteiger partial charge >= 0.3 is 0 Å². The van der Waals surface area contributed by atoms with Gasteiger partial charge in [0.05, 0.1) is 29.9 Å². The third-order valence-corrected chi connectivity index (χ3v) is 5.65. The van der Waals surface area contributed by atoms with Gasteiger partial charge in [0.1, 0.15) is 11.1 Å². The Morgan fingerprint density at radius 1 is 1.26 bits per heavy atom. The number of thiophene rings is 1. The zero-order chi connectivity index (χ0) is 19.1. The van der Waals surface area contributed by atoms with Gasteiger partial charge in [-0.15, -0.1) is 22.7 Å². The summed E-state index contributed by atoms with van der Waals surface area (Å²) in [4.78, 5) is 5.71. The van der Waals surface area contributed by atoms with Crippen LogP contribution < -0.4 is 9.47 Å². The van der Waals surface area contributed by atoms with Crippen LogP contribution in [0.15, 0.2) is 41.1 Å². The average molecular weight is 397 g/mol. The van der Waals surface area contributed by atoms with Crippen LogP contribution in [0.5, 0.6) is 11.5 Å². The van der Waals surface area contributed by atoms with Crippen LogP contribution in [0.25, 0.3) is 22.2 Å². The summed E-state index contributed by atoms with van der Waals surface area (Å²) in [5.74, 6) is 1.38. The second-order valence-corrected chi connectivity index (χ2v) is 7.60. The first-order chi connectivity index (χ1) is 13.2. The Hall–Kier alpha value is -2.62. The lowest BCUT2D eigenvalue weighted by atomic mass is 10.1. The molecule has 0 amide bonds. The van der Waals surface area contributed by atoms with Gasteiger partial charge in [-0.25, -0.2) is 4.98 Å². The van der Waals surface area contributed by atoms with Crippen molar-refractivity contribution in [3.63, 3.8) is 0 Å². The van der Waals surface area contributed by atoms with Crippen LogP contribution in [0, 0.1) is 11.3 Å². The fourth-order valence-corrected chi connectivity index (χ4v) is 4.01. The van der Waals surface area contributed by atoms with E-state index in [1.54, 1.807) is 18.4 Å². The van der Waals surface area contributed by atoms with Crippen LogP contribution in [-0.2, 0) is 0 Å². The third kappa shape index (κ3) is 4.76. The van der Waals surface area contributed by atoms with Crippen molar-refractivity contribution in [3.05, 3.63) is 51.7 Å². The average Bonchev–Trinajstić information content (AvgIpc) is 3.38. The molecular weight excluding hydrogens is 376 g/mol. The van der Waals surface area contributed by atoms with Crippen molar-refractivity contribution in [2.24, 2.45) is 0 Å². The summed E-state index contributed by atoms with van der Waals surface area (Å²) < 4.78 is 11.2. The maximum atomic E-state index is 9.60. The summed E-state index contributed by atoms with van der Waals surface area (Å²) in [6, 6.07) is 12.0. The minimum atomic E-state index is 0.532. The van der Waals surface area contributed by atoms with E-state index in [1.807, 2.05) is 47.2 Å². The number of aromatic nitrogens is 1. The number of nitriles is 1. The number of ether oxygens (including phenoxy) is 2. The molecule has 6 heteroatoms. The van der Waals surface area contributed by atoms with Gasteiger partial charge in [0, 0.05) is 5.38 Å². The summed E-state index contributed by atoms with van der Waals surface area (Å²) in [6.45, 7) is 2.79. The second kappa shape index (κ2) is 9.36. The molecule has 2 aromatic heterocycles. The molecular formula is C21H20N2O2S2. The van der Waals surface area contributed by atoms with E-state index in [-0.39, 0.29) is 0 Å². The minimum absolute atomic E-state index is 0.532. The molecule has 0 saturated heterocycles. The fourth-order valence-electron chi connectivity index (χ4n) is 2.46. The zero-order valence-corrected chi connectivity index (χ0v) is 16.9. The summed E-state index contributed by atoms with van der Waals surface area (Å²) in [7, 11) is 1.62. The molecule has 0 aliphatic carbocycles. The van der Waals surface area contributed by atoms with Crippen LogP contribution in [0.4, 0.5) is 0 Å². The topological polar surface area (TPSA) is 55.1 Å². The Kier molecular flexibility index (Phi) is 6.64. The molecule has 0 radical (unpaired) electrons. The molecule has 0 N–H and O–H groups in total. The van der Waals surface area contributed by atoms with Crippen molar-refractivity contribution >= 4 is 34.3 Å².